The minimum Gasteiger partial charge on any atom is -0.103 e. The molecule has 0 amide bonds. The van der Waals surface area contributed by atoms with Gasteiger partial charge in [0.15, 0.2) is 0 Å². The summed E-state index contributed by atoms with van der Waals surface area (Å²) < 4.78 is 0. The first kappa shape index (κ1) is 13.3. The van der Waals surface area contributed by atoms with E-state index in [0.717, 1.165) is 5.92 Å². The zero-order valence-corrected chi connectivity index (χ0v) is 8.69. The molecule has 0 aromatic carbocycles. The van der Waals surface area contributed by atoms with Crippen molar-refractivity contribution in [3.8, 4) is 0 Å². The average Bonchev–Trinajstić information content (AvgIpc) is 2.02. The van der Waals surface area contributed by atoms with Crippen molar-refractivity contribution >= 4 is 0 Å². The number of allylic oxidation sites excluding steroid dienone is 1. The van der Waals surface area contributed by atoms with E-state index >= 15 is 0 Å². The summed E-state index contributed by atoms with van der Waals surface area (Å²) in [5.74, 6) is 0.884. The molecule has 0 unspecified atom stereocenters. The predicted molar refractivity (Wildman–Crippen MR) is 54.9 cm³/mol. The van der Waals surface area contributed by atoms with Crippen LogP contribution in [0.5, 0.6) is 0 Å². The maximum atomic E-state index is 3.60. The molecule has 0 aromatic heterocycles. The van der Waals surface area contributed by atoms with E-state index in [1.807, 2.05) is 6.08 Å². The van der Waals surface area contributed by atoms with Crippen molar-refractivity contribution in [2.75, 3.05) is 0 Å². The van der Waals surface area contributed by atoms with Crippen LogP contribution in [0.15, 0.2) is 12.7 Å². The lowest BCUT2D eigenvalue weighted by Gasteiger charge is -1.90. The van der Waals surface area contributed by atoms with E-state index < -0.39 is 0 Å². The van der Waals surface area contributed by atoms with Gasteiger partial charge in [-0.1, -0.05) is 53.0 Å². The second kappa shape index (κ2) is 12.4. The molecule has 0 saturated heterocycles. The van der Waals surface area contributed by atoms with E-state index in [4.69, 9.17) is 0 Å². The Kier molecular flexibility index (Phi) is 15.1. The van der Waals surface area contributed by atoms with Gasteiger partial charge in [0, 0.05) is 0 Å². The van der Waals surface area contributed by atoms with Crippen LogP contribution in [-0.4, -0.2) is 0 Å². The SMILES string of the molecule is C=CCCCC.CCC(C)C. The number of hydrogen-bond acceptors (Lipinski definition) is 0. The number of rotatable bonds is 4. The summed E-state index contributed by atoms with van der Waals surface area (Å²) >= 11 is 0. The Morgan fingerprint density at radius 3 is 1.82 bits per heavy atom. The lowest BCUT2D eigenvalue weighted by Crippen LogP contribution is -1.77. The maximum absolute atomic E-state index is 3.60. The molecule has 0 aliphatic heterocycles. The van der Waals surface area contributed by atoms with Crippen LogP contribution in [0, 0.1) is 5.92 Å². The molecule has 0 saturated carbocycles. The fourth-order valence-electron chi connectivity index (χ4n) is 0.348. The smallest absolute Gasteiger partial charge is 0.0354 e. The van der Waals surface area contributed by atoms with E-state index in [0.29, 0.717) is 0 Å². The van der Waals surface area contributed by atoms with Gasteiger partial charge in [0.1, 0.15) is 0 Å². The average molecular weight is 156 g/mol. The minimum atomic E-state index is 0.884. The molecule has 0 rings (SSSR count). The van der Waals surface area contributed by atoms with E-state index in [-0.39, 0.29) is 0 Å². The van der Waals surface area contributed by atoms with Crippen LogP contribution < -0.4 is 0 Å². The first-order valence-corrected chi connectivity index (χ1v) is 4.79. The van der Waals surface area contributed by atoms with E-state index in [1.54, 1.807) is 0 Å². The zero-order chi connectivity index (χ0) is 9.11. The maximum Gasteiger partial charge on any atom is -0.0354 e. The lowest BCUT2D eigenvalue weighted by molar-refractivity contribution is 0.626. The molecule has 0 aliphatic carbocycles. The van der Waals surface area contributed by atoms with Crippen LogP contribution >= 0.6 is 0 Å². The van der Waals surface area contributed by atoms with E-state index in [1.165, 1.54) is 25.7 Å². The third-order valence-corrected chi connectivity index (χ3v) is 1.58. The monoisotopic (exact) mass is 156 g/mol. The van der Waals surface area contributed by atoms with Gasteiger partial charge >= 0.3 is 0 Å². The molecule has 0 fully saturated rings. The topological polar surface area (TPSA) is 0 Å². The molecule has 0 nitrogen and oxygen atoms in total. The second-order valence-electron chi connectivity index (χ2n) is 3.23. The van der Waals surface area contributed by atoms with Crippen molar-refractivity contribution in [2.45, 2.75) is 53.4 Å². The van der Waals surface area contributed by atoms with Crippen molar-refractivity contribution in [2.24, 2.45) is 5.92 Å². The van der Waals surface area contributed by atoms with Crippen LogP contribution in [0.2, 0.25) is 0 Å². The van der Waals surface area contributed by atoms with Crippen molar-refractivity contribution in [3.63, 3.8) is 0 Å². The Balaban J connectivity index is 0. The first-order valence-electron chi connectivity index (χ1n) is 4.79. The highest BCUT2D eigenvalue weighted by Gasteiger charge is 1.80. The molecule has 0 aromatic rings. The number of hydrogen-bond donors (Lipinski definition) is 0. The van der Waals surface area contributed by atoms with Gasteiger partial charge in [-0.15, -0.1) is 6.58 Å². The van der Waals surface area contributed by atoms with Gasteiger partial charge in [0.2, 0.25) is 0 Å². The van der Waals surface area contributed by atoms with E-state index in [9.17, 15) is 0 Å². The van der Waals surface area contributed by atoms with Crippen molar-refractivity contribution < 1.29 is 0 Å². The van der Waals surface area contributed by atoms with Crippen LogP contribution in [0.25, 0.3) is 0 Å². The largest absolute Gasteiger partial charge is 0.103 e. The predicted octanol–water partition coefficient (Wildman–Crippen LogP) is 4.42. The first-order chi connectivity index (χ1) is 5.18. The highest BCUT2D eigenvalue weighted by atomic mass is 13.9. The Hall–Kier alpha value is -0.260. The summed E-state index contributed by atoms with van der Waals surface area (Å²) in [6, 6.07) is 0. The summed E-state index contributed by atoms with van der Waals surface area (Å²) in [7, 11) is 0. The summed E-state index contributed by atoms with van der Waals surface area (Å²) in [5.41, 5.74) is 0. The normalized spacial score (nSPS) is 8.82. The van der Waals surface area contributed by atoms with Crippen LogP contribution in [-0.2, 0) is 0 Å². The lowest BCUT2D eigenvalue weighted by atomic mass is 10.2. The molecular formula is C11H24. The van der Waals surface area contributed by atoms with Gasteiger partial charge < -0.3 is 0 Å². The highest BCUT2D eigenvalue weighted by molar-refractivity contribution is 4.64. The molecule has 0 atom stereocenters. The van der Waals surface area contributed by atoms with Gasteiger partial charge in [0.05, 0.1) is 0 Å². The van der Waals surface area contributed by atoms with Crippen LogP contribution in [0.3, 0.4) is 0 Å². The summed E-state index contributed by atoms with van der Waals surface area (Å²) in [4.78, 5) is 0. The highest BCUT2D eigenvalue weighted by Crippen LogP contribution is 1.93. The van der Waals surface area contributed by atoms with Crippen molar-refractivity contribution in [3.05, 3.63) is 12.7 Å². The molecule has 0 N–H and O–H groups in total. The molecule has 11 heavy (non-hydrogen) atoms. The van der Waals surface area contributed by atoms with Crippen LogP contribution in [0.4, 0.5) is 0 Å². The van der Waals surface area contributed by atoms with Gasteiger partial charge in [-0.05, 0) is 12.3 Å². The van der Waals surface area contributed by atoms with Gasteiger partial charge in [0.25, 0.3) is 0 Å². The quantitative estimate of drug-likeness (QED) is 0.417. The summed E-state index contributed by atoms with van der Waals surface area (Å²) in [6.45, 7) is 12.4. The molecule has 0 heteroatoms. The van der Waals surface area contributed by atoms with Crippen molar-refractivity contribution in [1.29, 1.82) is 0 Å². The van der Waals surface area contributed by atoms with Crippen LogP contribution in [0.1, 0.15) is 53.4 Å². The summed E-state index contributed by atoms with van der Waals surface area (Å²) in [6.07, 6.45) is 7.02. The molecule has 0 radical (unpaired) electrons. The fraction of sp³-hybridized carbons (Fsp3) is 0.818. The third kappa shape index (κ3) is 26.0. The second-order valence-corrected chi connectivity index (χ2v) is 3.23. The Labute approximate surface area is 72.7 Å². The van der Waals surface area contributed by atoms with Gasteiger partial charge in [-0.25, -0.2) is 0 Å². The zero-order valence-electron chi connectivity index (χ0n) is 8.69. The Morgan fingerprint density at radius 1 is 1.27 bits per heavy atom. The Bertz CT molecular complexity index is 62.4. The van der Waals surface area contributed by atoms with Crippen molar-refractivity contribution in [1.82, 2.24) is 0 Å². The standard InChI is InChI=1S/C6H12.C5H12/c1-3-5-6-4-2;1-4-5(2)3/h3H,1,4-6H2,2H3;5H,4H2,1-3H3. The molecule has 0 aliphatic rings. The Morgan fingerprint density at radius 2 is 1.73 bits per heavy atom. The molecule has 0 spiro atoms. The summed E-state index contributed by atoms with van der Waals surface area (Å²) in [5, 5.41) is 0. The van der Waals surface area contributed by atoms with Gasteiger partial charge in [-0.2, -0.15) is 0 Å². The molecule has 68 valence electrons. The number of unbranched alkanes of at least 4 members (excludes halogenated alkanes) is 2. The molecule has 0 bridgehead atoms. The fourth-order valence-corrected chi connectivity index (χ4v) is 0.348. The van der Waals surface area contributed by atoms with E-state index in [2.05, 4.69) is 34.3 Å². The molecular weight excluding hydrogens is 132 g/mol. The third-order valence-electron chi connectivity index (χ3n) is 1.58. The minimum absolute atomic E-state index is 0.884. The van der Waals surface area contributed by atoms with Gasteiger partial charge in [-0.3, -0.25) is 0 Å². The molecule has 0 heterocycles.